The highest BCUT2D eigenvalue weighted by Crippen LogP contribution is 2.38. The second-order valence-corrected chi connectivity index (χ2v) is 8.53. The Labute approximate surface area is 194 Å². The van der Waals surface area contributed by atoms with E-state index in [-0.39, 0.29) is 23.7 Å². The Kier molecular flexibility index (Phi) is 6.72. The molecule has 166 valence electrons. The van der Waals surface area contributed by atoms with Crippen LogP contribution in [0.2, 0.25) is 5.02 Å². The summed E-state index contributed by atoms with van der Waals surface area (Å²) in [5.74, 6) is 1.34. The Morgan fingerprint density at radius 3 is 2.75 bits per heavy atom. The highest BCUT2D eigenvalue weighted by atomic mass is 35.5. The summed E-state index contributed by atoms with van der Waals surface area (Å²) >= 11 is 7.57. The Morgan fingerprint density at radius 2 is 2.00 bits per heavy atom. The van der Waals surface area contributed by atoms with E-state index in [9.17, 15) is 9.59 Å². The van der Waals surface area contributed by atoms with E-state index in [2.05, 4.69) is 15.3 Å². The molecule has 2 aromatic carbocycles. The summed E-state index contributed by atoms with van der Waals surface area (Å²) < 4.78 is 11.0. The third-order valence-corrected chi connectivity index (χ3v) is 6.43. The van der Waals surface area contributed by atoms with Gasteiger partial charge in [0.1, 0.15) is 5.82 Å². The fraction of sp³-hybridized carbons (Fsp3) is 0.261. The average Bonchev–Trinajstić information content (AvgIpc) is 2.78. The molecule has 9 heteroatoms. The third kappa shape index (κ3) is 4.61. The zero-order chi connectivity index (χ0) is 22.7. The van der Waals surface area contributed by atoms with E-state index in [1.807, 2.05) is 43.3 Å². The van der Waals surface area contributed by atoms with Crippen molar-refractivity contribution < 1.29 is 14.3 Å². The number of anilines is 1. The number of hydrogen-bond acceptors (Lipinski definition) is 6. The molecule has 0 aliphatic carbocycles. The molecule has 1 aliphatic rings. The highest BCUT2D eigenvalue weighted by molar-refractivity contribution is 7.98. The van der Waals surface area contributed by atoms with Crippen LogP contribution in [0.25, 0.3) is 0 Å². The Bertz CT molecular complexity index is 1210. The number of hydrogen-bond donors (Lipinski definition) is 2. The maximum atomic E-state index is 13.0. The van der Waals surface area contributed by atoms with Crippen LogP contribution in [0.1, 0.15) is 36.0 Å². The van der Waals surface area contributed by atoms with Crippen LogP contribution < -0.4 is 20.3 Å². The van der Waals surface area contributed by atoms with Gasteiger partial charge in [-0.15, -0.1) is 0 Å². The zero-order valence-electron chi connectivity index (χ0n) is 17.6. The van der Waals surface area contributed by atoms with Gasteiger partial charge in [0.05, 0.1) is 19.3 Å². The van der Waals surface area contributed by atoms with Crippen LogP contribution >= 0.6 is 23.4 Å². The maximum Gasteiger partial charge on any atom is 0.257 e. The van der Waals surface area contributed by atoms with Crippen molar-refractivity contribution in [2.45, 2.75) is 30.2 Å². The number of aromatic amines is 1. The molecule has 4 rings (SSSR count). The fourth-order valence-corrected chi connectivity index (χ4v) is 4.79. The van der Waals surface area contributed by atoms with E-state index in [0.29, 0.717) is 39.6 Å². The van der Waals surface area contributed by atoms with Crippen LogP contribution in [0, 0.1) is 0 Å². The number of carbonyl (C=O) groups excluding carboxylic acids is 1. The second-order valence-electron chi connectivity index (χ2n) is 7.16. The summed E-state index contributed by atoms with van der Waals surface area (Å²) in [6, 6.07) is 12.9. The number of nitrogens with one attached hydrogen (secondary N) is 2. The van der Waals surface area contributed by atoms with Crippen LogP contribution in [0.5, 0.6) is 11.5 Å². The van der Waals surface area contributed by atoms with Crippen LogP contribution in [-0.2, 0) is 10.5 Å². The minimum Gasteiger partial charge on any atom is -0.493 e. The van der Waals surface area contributed by atoms with Crippen LogP contribution in [0.3, 0.4) is 0 Å². The predicted molar refractivity (Wildman–Crippen MR) is 125 cm³/mol. The molecule has 1 amide bonds. The van der Waals surface area contributed by atoms with Gasteiger partial charge in [0.2, 0.25) is 5.91 Å². The lowest BCUT2D eigenvalue weighted by atomic mass is 9.86. The number of H-pyrrole nitrogens is 1. The van der Waals surface area contributed by atoms with Crippen molar-refractivity contribution in [1.29, 1.82) is 0 Å². The minimum absolute atomic E-state index is 0.141. The number of fused-ring (bicyclic) bond motifs is 1. The summed E-state index contributed by atoms with van der Waals surface area (Å²) in [7, 11) is 1.57. The van der Waals surface area contributed by atoms with Crippen molar-refractivity contribution in [3.63, 3.8) is 0 Å². The molecule has 0 fully saturated rings. The molecule has 2 N–H and O–H groups in total. The first kappa shape index (κ1) is 22.2. The summed E-state index contributed by atoms with van der Waals surface area (Å²) in [5, 5.41) is 3.81. The van der Waals surface area contributed by atoms with Gasteiger partial charge >= 0.3 is 0 Å². The predicted octanol–water partition coefficient (Wildman–Crippen LogP) is 4.60. The molecular weight excluding hydrogens is 450 g/mol. The number of methoxy groups -OCH3 is 1. The number of amides is 1. The Balaban J connectivity index is 1.67. The van der Waals surface area contributed by atoms with Crippen LogP contribution in [-0.4, -0.2) is 29.6 Å². The number of aromatic nitrogens is 2. The van der Waals surface area contributed by atoms with Crippen LogP contribution in [0.15, 0.2) is 52.4 Å². The smallest absolute Gasteiger partial charge is 0.257 e. The van der Waals surface area contributed by atoms with E-state index in [1.54, 1.807) is 13.2 Å². The molecule has 1 atom stereocenters. The lowest BCUT2D eigenvalue weighted by molar-refractivity contribution is -0.116. The van der Waals surface area contributed by atoms with Crippen molar-refractivity contribution >= 4 is 35.1 Å². The van der Waals surface area contributed by atoms with Crippen molar-refractivity contribution in [2.24, 2.45) is 0 Å². The topological polar surface area (TPSA) is 93.3 Å². The van der Waals surface area contributed by atoms with Gasteiger partial charge in [0, 0.05) is 23.1 Å². The van der Waals surface area contributed by atoms with E-state index < -0.39 is 5.92 Å². The lowest BCUT2D eigenvalue weighted by Crippen LogP contribution is -2.31. The minimum atomic E-state index is -0.442. The summed E-state index contributed by atoms with van der Waals surface area (Å²) in [4.78, 5) is 32.9. The summed E-state index contributed by atoms with van der Waals surface area (Å²) in [6.07, 6.45) is 0.141. The molecule has 2 heterocycles. The van der Waals surface area contributed by atoms with Crippen molar-refractivity contribution in [3.8, 4) is 11.5 Å². The van der Waals surface area contributed by atoms with Crippen molar-refractivity contribution in [1.82, 2.24) is 9.97 Å². The fourth-order valence-electron chi connectivity index (χ4n) is 3.64. The number of nitrogens with zero attached hydrogens (tertiary/aromatic N) is 1. The molecule has 0 saturated carbocycles. The van der Waals surface area contributed by atoms with Gasteiger partial charge in [0.25, 0.3) is 5.56 Å². The Morgan fingerprint density at radius 1 is 1.19 bits per heavy atom. The molecule has 1 aliphatic heterocycles. The molecule has 7 nitrogen and oxygen atoms in total. The monoisotopic (exact) mass is 471 g/mol. The maximum absolute atomic E-state index is 13.0. The standard InChI is InChI=1S/C23H22ClN3O4S/c1-3-31-18-10-13(8-9-17(18)30-2)15-11-19(28)25-21-20(15)22(29)27-23(26-21)32-12-14-6-4-5-7-16(14)24/h4-10,15H,3,11-12H2,1-2H3,(H2,25,26,27,28,29). The number of carbonyl (C=O) groups is 1. The molecule has 32 heavy (non-hydrogen) atoms. The molecular formula is C23H22ClN3O4S. The molecule has 0 radical (unpaired) electrons. The molecule has 3 aromatic rings. The van der Waals surface area contributed by atoms with E-state index in [1.165, 1.54) is 11.8 Å². The van der Waals surface area contributed by atoms with E-state index >= 15 is 0 Å². The normalized spacial score (nSPS) is 15.1. The first-order valence-electron chi connectivity index (χ1n) is 10.1. The van der Waals surface area contributed by atoms with Crippen LogP contribution in [0.4, 0.5) is 5.82 Å². The number of halogens is 1. The zero-order valence-corrected chi connectivity index (χ0v) is 19.2. The molecule has 0 spiro atoms. The first-order valence-corrected chi connectivity index (χ1v) is 11.5. The van der Waals surface area contributed by atoms with Gasteiger partial charge in [-0.2, -0.15) is 0 Å². The molecule has 1 aromatic heterocycles. The van der Waals surface area contributed by atoms with Gasteiger partial charge in [-0.05, 0) is 36.2 Å². The molecule has 0 saturated heterocycles. The third-order valence-electron chi connectivity index (χ3n) is 5.14. The number of ether oxygens (including phenoxy) is 2. The van der Waals surface area contributed by atoms with Crippen molar-refractivity contribution in [2.75, 3.05) is 19.0 Å². The van der Waals surface area contributed by atoms with Gasteiger partial charge in [-0.3, -0.25) is 9.59 Å². The highest BCUT2D eigenvalue weighted by Gasteiger charge is 2.31. The second kappa shape index (κ2) is 9.67. The van der Waals surface area contributed by atoms with E-state index in [0.717, 1.165) is 11.1 Å². The molecule has 1 unspecified atom stereocenters. The average molecular weight is 472 g/mol. The first-order chi connectivity index (χ1) is 15.5. The number of rotatable bonds is 7. The Hall–Kier alpha value is -2.97. The quantitative estimate of drug-likeness (QED) is 0.386. The largest absolute Gasteiger partial charge is 0.493 e. The number of benzene rings is 2. The van der Waals surface area contributed by atoms with Gasteiger partial charge < -0.3 is 19.8 Å². The van der Waals surface area contributed by atoms with E-state index in [4.69, 9.17) is 21.1 Å². The lowest BCUT2D eigenvalue weighted by Gasteiger charge is -2.25. The van der Waals surface area contributed by atoms with Crippen molar-refractivity contribution in [3.05, 3.63) is 74.5 Å². The van der Waals surface area contributed by atoms with Gasteiger partial charge in [-0.25, -0.2) is 4.98 Å². The van der Waals surface area contributed by atoms with Gasteiger partial charge in [-0.1, -0.05) is 47.6 Å². The number of thioether (sulfide) groups is 1. The summed E-state index contributed by atoms with van der Waals surface area (Å²) in [6.45, 7) is 2.35. The summed E-state index contributed by atoms with van der Waals surface area (Å²) in [5.41, 5.74) is 1.87. The molecule has 0 bridgehead atoms. The van der Waals surface area contributed by atoms with Gasteiger partial charge in [0.15, 0.2) is 16.7 Å². The SMILES string of the molecule is CCOc1cc(C2CC(=O)Nc3nc(SCc4ccccc4Cl)[nH]c(=O)c32)ccc1OC.